The van der Waals surface area contributed by atoms with Crippen LogP contribution in [-0.4, -0.2) is 21.8 Å². The van der Waals surface area contributed by atoms with Gasteiger partial charge in [-0.25, -0.2) is 0 Å². The number of carbonyl (C=O) groups is 2. The molecular formula is C24H18O4. The van der Waals surface area contributed by atoms with E-state index < -0.39 is 0 Å². The molecule has 0 atom stereocenters. The number of phenolic OH excluding ortho intramolecular Hbond substituents is 2. The average Bonchev–Trinajstić information content (AvgIpc) is 2.72. The number of allylic oxidation sites excluding steroid dienone is 2. The number of rotatable bonds is 6. The minimum absolute atomic E-state index is 0.101. The van der Waals surface area contributed by atoms with Gasteiger partial charge in [0.2, 0.25) is 0 Å². The van der Waals surface area contributed by atoms with Crippen LogP contribution in [0.25, 0.3) is 12.2 Å². The first-order valence-electron chi connectivity index (χ1n) is 8.65. The maximum absolute atomic E-state index is 12.3. The lowest BCUT2D eigenvalue weighted by atomic mass is 10.0. The summed E-state index contributed by atoms with van der Waals surface area (Å²) in [5.74, 6) is -0.258. The summed E-state index contributed by atoms with van der Waals surface area (Å²) in [4.78, 5) is 24.5. The van der Waals surface area contributed by atoms with Crippen molar-refractivity contribution in [1.82, 2.24) is 0 Å². The Morgan fingerprint density at radius 3 is 1.29 bits per heavy atom. The molecule has 3 aromatic rings. The molecule has 0 aliphatic heterocycles. The average molecular weight is 370 g/mol. The van der Waals surface area contributed by atoms with E-state index in [1.165, 1.54) is 12.2 Å². The van der Waals surface area contributed by atoms with Gasteiger partial charge in [0.25, 0.3) is 0 Å². The SMILES string of the molecule is O=C(/C=C/c1ccccc1O)c1ccc(C(=O)/C=C/c2ccccc2O)cc1. The fraction of sp³-hybridized carbons (Fsp3) is 0. The molecule has 0 bridgehead atoms. The predicted molar refractivity (Wildman–Crippen MR) is 109 cm³/mol. The van der Waals surface area contributed by atoms with Gasteiger partial charge in [0, 0.05) is 22.3 Å². The third-order valence-corrected chi connectivity index (χ3v) is 4.16. The number of hydrogen-bond donors (Lipinski definition) is 2. The quantitative estimate of drug-likeness (QED) is 0.478. The van der Waals surface area contributed by atoms with Crippen LogP contribution in [0.5, 0.6) is 11.5 Å². The number of hydrogen-bond acceptors (Lipinski definition) is 4. The van der Waals surface area contributed by atoms with E-state index in [0.717, 1.165) is 0 Å². The molecule has 138 valence electrons. The zero-order chi connectivity index (χ0) is 19.9. The maximum atomic E-state index is 12.3. The number of benzene rings is 3. The van der Waals surface area contributed by atoms with Crippen molar-refractivity contribution in [3.8, 4) is 11.5 Å². The predicted octanol–water partition coefficient (Wildman–Crippen LogP) is 4.89. The molecule has 28 heavy (non-hydrogen) atoms. The molecule has 0 aliphatic rings. The smallest absolute Gasteiger partial charge is 0.185 e. The first-order chi connectivity index (χ1) is 13.5. The van der Waals surface area contributed by atoms with Gasteiger partial charge in [-0.2, -0.15) is 0 Å². The highest BCUT2D eigenvalue weighted by atomic mass is 16.3. The zero-order valence-corrected chi connectivity index (χ0v) is 14.9. The van der Waals surface area contributed by atoms with Gasteiger partial charge in [-0.05, 0) is 36.4 Å². The highest BCUT2D eigenvalue weighted by Crippen LogP contribution is 2.19. The third kappa shape index (κ3) is 4.62. The van der Waals surface area contributed by atoms with Crippen LogP contribution in [-0.2, 0) is 0 Å². The first-order valence-corrected chi connectivity index (χ1v) is 8.65. The van der Waals surface area contributed by atoms with E-state index in [-0.39, 0.29) is 23.1 Å². The van der Waals surface area contributed by atoms with Gasteiger partial charge in [-0.3, -0.25) is 9.59 Å². The third-order valence-electron chi connectivity index (χ3n) is 4.16. The molecule has 0 unspecified atom stereocenters. The molecule has 0 saturated heterocycles. The van der Waals surface area contributed by atoms with Crippen LogP contribution < -0.4 is 0 Å². The Balaban J connectivity index is 1.69. The van der Waals surface area contributed by atoms with Crippen LogP contribution in [0.1, 0.15) is 31.8 Å². The molecule has 0 radical (unpaired) electrons. The molecule has 2 N–H and O–H groups in total. The Bertz CT molecular complexity index is 973. The summed E-state index contributed by atoms with van der Waals surface area (Å²) in [6, 6.07) is 19.8. The van der Waals surface area contributed by atoms with E-state index in [0.29, 0.717) is 22.3 Å². The molecule has 0 spiro atoms. The zero-order valence-electron chi connectivity index (χ0n) is 14.9. The standard InChI is InChI=1S/C24H18O4/c25-21-7-3-1-5-17(21)13-15-23(27)19-9-11-20(12-10-19)24(28)16-14-18-6-2-4-8-22(18)26/h1-16,25-26H/b15-13+,16-14+. The summed E-state index contributed by atoms with van der Waals surface area (Å²) < 4.78 is 0. The second-order valence-electron chi connectivity index (χ2n) is 6.09. The summed E-state index contributed by atoms with van der Waals surface area (Å²) in [5.41, 5.74) is 1.98. The topological polar surface area (TPSA) is 74.6 Å². The monoisotopic (exact) mass is 370 g/mol. The van der Waals surface area contributed by atoms with Crippen molar-refractivity contribution in [2.45, 2.75) is 0 Å². The summed E-state index contributed by atoms with van der Waals surface area (Å²) >= 11 is 0. The van der Waals surface area contributed by atoms with Crippen molar-refractivity contribution in [2.24, 2.45) is 0 Å². The van der Waals surface area contributed by atoms with Crippen molar-refractivity contribution in [3.63, 3.8) is 0 Å². The van der Waals surface area contributed by atoms with E-state index in [4.69, 9.17) is 0 Å². The molecule has 4 nitrogen and oxygen atoms in total. The van der Waals surface area contributed by atoms with Crippen LogP contribution in [0.2, 0.25) is 0 Å². The number of ketones is 2. The summed E-state index contributed by atoms with van der Waals surface area (Å²) in [7, 11) is 0. The summed E-state index contributed by atoms with van der Waals surface area (Å²) in [6.07, 6.45) is 5.85. The molecule has 4 heteroatoms. The largest absolute Gasteiger partial charge is 0.507 e. The van der Waals surface area contributed by atoms with Crippen LogP contribution in [0.3, 0.4) is 0 Å². The summed E-state index contributed by atoms with van der Waals surface area (Å²) in [5, 5.41) is 19.4. The fourth-order valence-corrected chi connectivity index (χ4v) is 2.58. The van der Waals surface area contributed by atoms with Crippen molar-refractivity contribution in [1.29, 1.82) is 0 Å². The van der Waals surface area contributed by atoms with Gasteiger partial charge in [-0.15, -0.1) is 0 Å². The molecule has 0 saturated carbocycles. The van der Waals surface area contributed by atoms with E-state index >= 15 is 0 Å². The number of aromatic hydroxyl groups is 2. The van der Waals surface area contributed by atoms with E-state index in [1.54, 1.807) is 84.9 Å². The number of phenols is 2. The maximum Gasteiger partial charge on any atom is 0.185 e. The van der Waals surface area contributed by atoms with Crippen molar-refractivity contribution in [2.75, 3.05) is 0 Å². The Hall–Kier alpha value is -3.92. The highest BCUT2D eigenvalue weighted by molar-refractivity contribution is 6.09. The van der Waals surface area contributed by atoms with Crippen LogP contribution in [0.4, 0.5) is 0 Å². The fourth-order valence-electron chi connectivity index (χ4n) is 2.58. The highest BCUT2D eigenvalue weighted by Gasteiger charge is 2.06. The van der Waals surface area contributed by atoms with E-state index in [1.807, 2.05) is 0 Å². The van der Waals surface area contributed by atoms with Gasteiger partial charge < -0.3 is 10.2 Å². The van der Waals surface area contributed by atoms with E-state index in [2.05, 4.69) is 0 Å². The van der Waals surface area contributed by atoms with Crippen LogP contribution >= 0.6 is 0 Å². The minimum Gasteiger partial charge on any atom is -0.507 e. The van der Waals surface area contributed by atoms with Crippen molar-refractivity contribution >= 4 is 23.7 Å². The molecule has 3 rings (SSSR count). The molecule has 0 aromatic heterocycles. The van der Waals surface area contributed by atoms with Gasteiger partial charge in [0.15, 0.2) is 11.6 Å². The Kier molecular flexibility index (Phi) is 5.82. The van der Waals surface area contributed by atoms with Crippen LogP contribution in [0.15, 0.2) is 84.9 Å². The molecule has 3 aromatic carbocycles. The van der Waals surface area contributed by atoms with Crippen LogP contribution in [0, 0.1) is 0 Å². The normalized spacial score (nSPS) is 11.1. The van der Waals surface area contributed by atoms with Gasteiger partial charge in [0.05, 0.1) is 0 Å². The second-order valence-corrected chi connectivity index (χ2v) is 6.09. The molecule has 0 heterocycles. The summed E-state index contributed by atoms with van der Waals surface area (Å²) in [6.45, 7) is 0. The molecule has 0 fully saturated rings. The van der Waals surface area contributed by atoms with Gasteiger partial charge in [0.1, 0.15) is 11.5 Å². The Morgan fingerprint density at radius 1 is 0.571 bits per heavy atom. The lowest BCUT2D eigenvalue weighted by Crippen LogP contribution is -1.98. The molecular weight excluding hydrogens is 352 g/mol. The first kappa shape index (κ1) is 18.9. The number of carbonyl (C=O) groups excluding carboxylic acids is 2. The minimum atomic E-state index is -0.230. The lowest BCUT2D eigenvalue weighted by molar-refractivity contribution is 0.103. The molecule has 0 amide bonds. The van der Waals surface area contributed by atoms with Gasteiger partial charge >= 0.3 is 0 Å². The van der Waals surface area contributed by atoms with Crippen molar-refractivity contribution in [3.05, 3.63) is 107 Å². The second kappa shape index (κ2) is 8.64. The molecule has 0 aliphatic carbocycles. The Labute approximate surface area is 162 Å². The Morgan fingerprint density at radius 2 is 0.929 bits per heavy atom. The number of para-hydroxylation sites is 2. The van der Waals surface area contributed by atoms with Crippen molar-refractivity contribution < 1.29 is 19.8 Å². The lowest BCUT2D eigenvalue weighted by Gasteiger charge is -2.00. The van der Waals surface area contributed by atoms with Gasteiger partial charge in [-0.1, -0.05) is 60.7 Å². The van der Waals surface area contributed by atoms with E-state index in [9.17, 15) is 19.8 Å².